The molecular formula is C29H32FN7O. The molecular weight excluding hydrogens is 481 g/mol. The lowest BCUT2D eigenvalue weighted by atomic mass is 9.96. The van der Waals surface area contributed by atoms with Gasteiger partial charge in [0.05, 0.1) is 42.5 Å². The van der Waals surface area contributed by atoms with Gasteiger partial charge < -0.3 is 15.7 Å². The average molecular weight is 515 g/mol. The van der Waals surface area contributed by atoms with Gasteiger partial charge in [-0.1, -0.05) is 38.1 Å². The highest BCUT2D eigenvalue weighted by atomic mass is 19.1. The van der Waals surface area contributed by atoms with Crippen molar-refractivity contribution >= 4 is 22.3 Å². The van der Waals surface area contributed by atoms with Crippen LogP contribution in [0.3, 0.4) is 0 Å². The molecule has 1 unspecified atom stereocenters. The fraction of sp³-hybridized carbons (Fsp3) is 0.379. The highest BCUT2D eigenvalue weighted by Gasteiger charge is 2.27. The van der Waals surface area contributed by atoms with Crippen molar-refractivity contribution in [3.8, 4) is 6.07 Å². The van der Waals surface area contributed by atoms with Crippen molar-refractivity contribution in [2.75, 3.05) is 17.2 Å². The second-order valence-corrected chi connectivity index (χ2v) is 11.0. The van der Waals surface area contributed by atoms with Gasteiger partial charge in [-0.15, -0.1) is 5.10 Å². The topological polar surface area (TPSA) is 112 Å². The molecule has 9 heteroatoms. The van der Waals surface area contributed by atoms with Gasteiger partial charge in [-0.05, 0) is 55.0 Å². The number of hydrogen-bond donors (Lipinski definition) is 3. The van der Waals surface area contributed by atoms with Crippen molar-refractivity contribution in [1.29, 1.82) is 5.26 Å². The van der Waals surface area contributed by atoms with E-state index in [0.717, 1.165) is 12.8 Å². The first kappa shape index (κ1) is 24.3. The number of fused-ring (bicyclic) bond motifs is 1. The van der Waals surface area contributed by atoms with Gasteiger partial charge in [-0.25, -0.2) is 9.07 Å². The Morgan fingerprint density at radius 2 is 2.00 bits per heavy atom. The molecule has 2 aromatic carbocycles. The number of benzene rings is 2. The summed E-state index contributed by atoms with van der Waals surface area (Å²) in [6.07, 6.45) is 4.42. The Morgan fingerprint density at radius 1 is 1.26 bits per heavy atom. The minimum Gasteiger partial charge on any atom is -0.389 e. The molecule has 2 heterocycles. The van der Waals surface area contributed by atoms with Gasteiger partial charge in [0.25, 0.3) is 0 Å². The zero-order valence-corrected chi connectivity index (χ0v) is 22.0. The Bertz CT molecular complexity index is 1550. The lowest BCUT2D eigenvalue weighted by Crippen LogP contribution is -2.20. The normalized spacial score (nSPS) is 16.4. The number of aliphatic hydroxyl groups excluding tert-OH is 1. The second kappa shape index (κ2) is 10.0. The minimum atomic E-state index is -1.62. The van der Waals surface area contributed by atoms with Crippen molar-refractivity contribution in [2.24, 2.45) is 5.41 Å². The standard InChI is InChI=1S/C29H32FN7O/c1-17(38)23-11-21(12-24-26(33-16-29(2,3)4)19(13-31)14-32-28(23)24)34-27(18-5-7-20(30)8-6-18)25-15-37(36-35-25)22-9-10-22/h5-8,11-12,14-15,17,22,27,34,38H,9-10,16H2,1-4H3,(H,32,33)/t17?,27-/m0/s1/i27D. The smallest absolute Gasteiger partial charge is 0.123 e. The zero-order chi connectivity index (χ0) is 27.9. The van der Waals surface area contributed by atoms with Crippen LogP contribution in [0, 0.1) is 22.6 Å². The number of nitrogens with one attached hydrogen (secondary N) is 2. The molecule has 0 amide bonds. The van der Waals surface area contributed by atoms with Crippen LogP contribution in [0.15, 0.2) is 48.8 Å². The van der Waals surface area contributed by atoms with E-state index in [0.29, 0.717) is 51.2 Å². The molecule has 1 saturated carbocycles. The van der Waals surface area contributed by atoms with Crippen LogP contribution >= 0.6 is 0 Å². The molecule has 0 spiro atoms. The molecule has 196 valence electrons. The van der Waals surface area contributed by atoms with Gasteiger partial charge in [0.15, 0.2) is 0 Å². The third-order valence-electron chi connectivity index (χ3n) is 6.46. The Kier molecular flexibility index (Phi) is 6.42. The number of aromatic nitrogens is 4. The maximum absolute atomic E-state index is 13.8. The maximum Gasteiger partial charge on any atom is 0.123 e. The van der Waals surface area contributed by atoms with Crippen LogP contribution < -0.4 is 10.6 Å². The van der Waals surface area contributed by atoms with Gasteiger partial charge >= 0.3 is 0 Å². The van der Waals surface area contributed by atoms with Gasteiger partial charge in [-0.2, -0.15) is 5.26 Å². The molecule has 1 aliphatic rings. The molecule has 2 aromatic heterocycles. The largest absolute Gasteiger partial charge is 0.389 e. The predicted molar refractivity (Wildman–Crippen MR) is 145 cm³/mol. The second-order valence-electron chi connectivity index (χ2n) is 11.0. The van der Waals surface area contributed by atoms with Crippen molar-refractivity contribution in [3.05, 3.63) is 77.0 Å². The first-order chi connectivity index (χ1) is 18.5. The SMILES string of the molecule is [2H][C@](Nc1cc(C(C)O)c2ncc(C#N)c(NCC(C)(C)C)c2c1)(c1ccc(F)cc1)c1cn(C2CC2)nn1. The Morgan fingerprint density at radius 3 is 2.63 bits per heavy atom. The molecule has 0 saturated heterocycles. The summed E-state index contributed by atoms with van der Waals surface area (Å²) in [6, 6.07) is 10.2. The number of pyridine rings is 1. The van der Waals surface area contributed by atoms with E-state index in [-0.39, 0.29) is 11.5 Å². The molecule has 0 bridgehead atoms. The van der Waals surface area contributed by atoms with Crippen LogP contribution in [0.4, 0.5) is 15.8 Å². The number of rotatable bonds is 8. The summed E-state index contributed by atoms with van der Waals surface area (Å²) in [7, 11) is 0. The number of anilines is 2. The van der Waals surface area contributed by atoms with Crippen LogP contribution in [-0.2, 0) is 0 Å². The molecule has 0 radical (unpaired) electrons. The van der Waals surface area contributed by atoms with Crippen molar-refractivity contribution in [1.82, 2.24) is 20.0 Å². The van der Waals surface area contributed by atoms with E-state index in [2.05, 4.69) is 52.8 Å². The minimum absolute atomic E-state index is 0.0580. The highest BCUT2D eigenvalue weighted by molar-refractivity contribution is 5.98. The molecule has 8 nitrogen and oxygen atoms in total. The third-order valence-corrected chi connectivity index (χ3v) is 6.46. The van der Waals surface area contributed by atoms with Crippen LogP contribution in [0.25, 0.3) is 10.9 Å². The number of nitriles is 1. The van der Waals surface area contributed by atoms with Crippen molar-refractivity contribution in [2.45, 2.75) is 58.7 Å². The fourth-order valence-electron chi connectivity index (χ4n) is 4.30. The van der Waals surface area contributed by atoms with Crippen molar-refractivity contribution < 1.29 is 10.9 Å². The van der Waals surface area contributed by atoms with Crippen LogP contribution in [0.5, 0.6) is 0 Å². The maximum atomic E-state index is 13.8. The van der Waals surface area contributed by atoms with Gasteiger partial charge in [0, 0.05) is 29.4 Å². The van der Waals surface area contributed by atoms with Crippen LogP contribution in [0.2, 0.25) is 0 Å². The monoisotopic (exact) mass is 514 g/mol. The number of hydrogen-bond acceptors (Lipinski definition) is 7. The Hall–Kier alpha value is -4.03. The summed E-state index contributed by atoms with van der Waals surface area (Å²) in [5.41, 5.74) is 3.37. The quantitative estimate of drug-likeness (QED) is 0.269. The van der Waals surface area contributed by atoms with E-state index >= 15 is 0 Å². The summed E-state index contributed by atoms with van der Waals surface area (Å²) in [6.45, 7) is 8.53. The molecule has 38 heavy (non-hydrogen) atoms. The summed E-state index contributed by atoms with van der Waals surface area (Å²) in [4.78, 5) is 4.51. The van der Waals surface area contributed by atoms with E-state index in [1.165, 1.54) is 18.3 Å². The molecule has 4 aromatic rings. The lowest BCUT2D eigenvalue weighted by molar-refractivity contribution is 0.200. The number of nitrogens with zero attached hydrogens (tertiary/aromatic N) is 5. The number of aliphatic hydroxyl groups is 1. The molecule has 1 fully saturated rings. The predicted octanol–water partition coefficient (Wildman–Crippen LogP) is 5.88. The first-order valence-electron chi connectivity index (χ1n) is 13.2. The molecule has 5 rings (SSSR count). The summed E-state index contributed by atoms with van der Waals surface area (Å²) in [5.74, 6) is -0.408. The molecule has 2 atom stereocenters. The van der Waals surface area contributed by atoms with E-state index < -0.39 is 17.9 Å². The third kappa shape index (κ3) is 5.46. The Balaban J connectivity index is 1.67. The van der Waals surface area contributed by atoms with E-state index in [1.54, 1.807) is 36.0 Å². The van der Waals surface area contributed by atoms with Gasteiger partial charge in [0.1, 0.15) is 17.6 Å². The summed E-state index contributed by atoms with van der Waals surface area (Å²) in [5, 5.41) is 36.4. The highest BCUT2D eigenvalue weighted by Crippen LogP contribution is 2.37. The molecule has 3 N–H and O–H groups in total. The lowest BCUT2D eigenvalue weighted by Gasteiger charge is -2.23. The van der Waals surface area contributed by atoms with Gasteiger partial charge in [0.2, 0.25) is 0 Å². The summed E-state index contributed by atoms with van der Waals surface area (Å²) < 4.78 is 25.2. The van der Waals surface area contributed by atoms with Crippen molar-refractivity contribution in [3.63, 3.8) is 0 Å². The Labute approximate surface area is 222 Å². The average Bonchev–Trinajstić information content (AvgIpc) is 3.62. The van der Waals surface area contributed by atoms with E-state index in [4.69, 9.17) is 0 Å². The number of halogens is 1. The van der Waals surface area contributed by atoms with Gasteiger partial charge in [-0.3, -0.25) is 4.98 Å². The van der Waals surface area contributed by atoms with E-state index in [9.17, 15) is 16.1 Å². The molecule has 0 aliphatic heterocycles. The van der Waals surface area contributed by atoms with E-state index in [1.807, 2.05) is 6.07 Å². The molecule has 1 aliphatic carbocycles. The van der Waals surface area contributed by atoms with Crippen LogP contribution in [0.1, 0.15) is 82.5 Å². The zero-order valence-electron chi connectivity index (χ0n) is 23.0. The fourth-order valence-corrected chi connectivity index (χ4v) is 4.30. The van der Waals surface area contributed by atoms with Crippen LogP contribution in [-0.4, -0.2) is 31.6 Å². The first-order valence-corrected chi connectivity index (χ1v) is 12.7. The summed E-state index contributed by atoms with van der Waals surface area (Å²) >= 11 is 0.